The predicted octanol–water partition coefficient (Wildman–Crippen LogP) is 4.68. The van der Waals surface area contributed by atoms with Gasteiger partial charge in [-0.1, -0.05) is 24.3 Å². The zero-order valence-electron chi connectivity index (χ0n) is 8.84. The first-order valence-electron chi connectivity index (χ1n) is 4.93. The Morgan fingerprint density at radius 3 is 2.33 bits per heavy atom. The van der Waals surface area contributed by atoms with Crippen molar-refractivity contribution in [2.45, 2.75) is 12.8 Å². The van der Waals surface area contributed by atoms with Gasteiger partial charge in [0.1, 0.15) is 5.75 Å². The lowest BCUT2D eigenvalue weighted by Crippen LogP contribution is -2.17. The summed E-state index contributed by atoms with van der Waals surface area (Å²) < 4.78 is 65.1. The fraction of sp³-hybridized carbons (Fsp3) is 0.167. The molecule has 0 aromatic heterocycles. The molecule has 0 bridgehead atoms. The average Bonchev–Trinajstić information content (AvgIpc) is 2.26. The van der Waals surface area contributed by atoms with E-state index in [0.29, 0.717) is 0 Å². The van der Waals surface area contributed by atoms with E-state index in [1.54, 1.807) is 0 Å². The van der Waals surface area contributed by atoms with E-state index in [-0.39, 0.29) is 16.3 Å². The molecule has 0 radical (unpaired) electrons. The lowest BCUT2D eigenvalue weighted by atomic mass is 10.1. The van der Waals surface area contributed by atoms with Gasteiger partial charge in [0.25, 0.3) is 6.43 Å². The van der Waals surface area contributed by atoms with Crippen molar-refractivity contribution < 1.29 is 26.7 Å². The van der Waals surface area contributed by atoms with Crippen LogP contribution in [0.5, 0.6) is 5.75 Å². The minimum atomic E-state index is -4.81. The Hall–Kier alpha value is -1.85. The van der Waals surface area contributed by atoms with Crippen LogP contribution < -0.4 is 4.74 Å². The van der Waals surface area contributed by atoms with Gasteiger partial charge in [0, 0.05) is 10.9 Å². The minimum Gasteiger partial charge on any atom is -0.405 e. The molecule has 0 heterocycles. The van der Waals surface area contributed by atoms with Crippen LogP contribution in [0.2, 0.25) is 0 Å². The van der Waals surface area contributed by atoms with E-state index in [0.717, 1.165) is 18.2 Å². The average molecular weight is 262 g/mol. The van der Waals surface area contributed by atoms with Gasteiger partial charge in [0.2, 0.25) is 0 Å². The molecular weight excluding hydrogens is 255 g/mol. The third kappa shape index (κ3) is 2.69. The summed E-state index contributed by atoms with van der Waals surface area (Å²) in [6.07, 6.45) is -7.48. The summed E-state index contributed by atoms with van der Waals surface area (Å²) in [6, 6.07) is 7.32. The van der Waals surface area contributed by atoms with E-state index in [4.69, 9.17) is 0 Å². The van der Waals surface area contributed by atoms with Crippen molar-refractivity contribution in [3.05, 3.63) is 42.0 Å². The van der Waals surface area contributed by atoms with Crippen molar-refractivity contribution in [1.29, 1.82) is 0 Å². The molecule has 2 aromatic rings. The number of ether oxygens (including phenoxy) is 1. The summed E-state index contributed by atoms with van der Waals surface area (Å²) in [5.41, 5.74) is -0.244. The van der Waals surface area contributed by atoms with Crippen LogP contribution >= 0.6 is 0 Å². The van der Waals surface area contributed by atoms with Crippen molar-refractivity contribution >= 4 is 10.8 Å². The van der Waals surface area contributed by atoms with Gasteiger partial charge in [-0.3, -0.25) is 0 Å². The summed E-state index contributed by atoms with van der Waals surface area (Å²) in [7, 11) is 0. The van der Waals surface area contributed by atoms with Crippen LogP contribution in [0, 0.1) is 0 Å². The van der Waals surface area contributed by atoms with E-state index < -0.39 is 18.5 Å². The van der Waals surface area contributed by atoms with Gasteiger partial charge >= 0.3 is 6.36 Å². The molecule has 0 aliphatic heterocycles. The van der Waals surface area contributed by atoms with E-state index >= 15 is 0 Å². The highest BCUT2D eigenvalue weighted by Gasteiger charge is 2.31. The third-order valence-corrected chi connectivity index (χ3v) is 2.34. The third-order valence-electron chi connectivity index (χ3n) is 2.34. The van der Waals surface area contributed by atoms with Gasteiger partial charge < -0.3 is 4.74 Å². The molecular formula is C12H7F5O. The zero-order chi connectivity index (χ0) is 13.3. The number of rotatable bonds is 2. The first-order chi connectivity index (χ1) is 8.37. The molecule has 0 saturated heterocycles. The van der Waals surface area contributed by atoms with Crippen LogP contribution in [0.25, 0.3) is 10.8 Å². The maximum absolute atomic E-state index is 12.5. The number of fused-ring (bicyclic) bond motifs is 1. The number of hydrogen-bond donors (Lipinski definition) is 0. The Kier molecular flexibility index (Phi) is 3.11. The molecule has 0 amide bonds. The lowest BCUT2D eigenvalue weighted by Gasteiger charge is -2.11. The summed E-state index contributed by atoms with van der Waals surface area (Å²) >= 11 is 0. The minimum absolute atomic E-state index is 0.138. The fourth-order valence-corrected chi connectivity index (χ4v) is 1.62. The topological polar surface area (TPSA) is 9.23 Å². The monoisotopic (exact) mass is 262 g/mol. The zero-order valence-corrected chi connectivity index (χ0v) is 8.84. The van der Waals surface area contributed by atoms with Gasteiger partial charge in [0.15, 0.2) is 0 Å². The standard InChI is InChI=1S/C12H7F5O/c13-11(14)8-4-5-9-7(6-8)2-1-3-10(9)18-12(15,16)17/h1-6,11H. The second kappa shape index (κ2) is 4.44. The molecule has 0 unspecified atom stereocenters. The summed E-state index contributed by atoms with van der Waals surface area (Å²) in [5, 5.41) is 0.411. The van der Waals surface area contributed by atoms with Gasteiger partial charge in [0.05, 0.1) is 0 Å². The van der Waals surface area contributed by atoms with Crippen molar-refractivity contribution in [2.75, 3.05) is 0 Å². The Morgan fingerprint density at radius 1 is 1.00 bits per heavy atom. The molecule has 0 atom stereocenters. The van der Waals surface area contributed by atoms with Gasteiger partial charge in [-0.2, -0.15) is 0 Å². The molecule has 0 N–H and O–H groups in total. The molecule has 0 spiro atoms. The SMILES string of the molecule is FC(F)c1ccc2c(OC(F)(F)F)cccc2c1. The highest BCUT2D eigenvalue weighted by Crippen LogP contribution is 2.32. The molecule has 96 valence electrons. The maximum atomic E-state index is 12.5. The molecule has 0 fully saturated rings. The normalized spacial score (nSPS) is 12.1. The maximum Gasteiger partial charge on any atom is 0.573 e. The van der Waals surface area contributed by atoms with Crippen LogP contribution in [0.3, 0.4) is 0 Å². The van der Waals surface area contributed by atoms with Crippen molar-refractivity contribution in [3.63, 3.8) is 0 Å². The largest absolute Gasteiger partial charge is 0.573 e. The van der Waals surface area contributed by atoms with Gasteiger partial charge in [-0.05, 0) is 17.5 Å². The van der Waals surface area contributed by atoms with E-state index in [1.807, 2.05) is 0 Å². The van der Waals surface area contributed by atoms with Gasteiger partial charge in [-0.25, -0.2) is 8.78 Å². The molecule has 2 aromatic carbocycles. The van der Waals surface area contributed by atoms with Crippen LogP contribution in [-0.2, 0) is 0 Å². The van der Waals surface area contributed by atoms with E-state index in [1.165, 1.54) is 18.2 Å². The Balaban J connectivity index is 2.50. The van der Waals surface area contributed by atoms with Crippen LogP contribution in [0.1, 0.15) is 12.0 Å². The lowest BCUT2D eigenvalue weighted by molar-refractivity contribution is -0.274. The second-order valence-electron chi connectivity index (χ2n) is 3.59. The highest BCUT2D eigenvalue weighted by molar-refractivity contribution is 5.88. The Morgan fingerprint density at radius 2 is 1.72 bits per heavy atom. The van der Waals surface area contributed by atoms with E-state index in [9.17, 15) is 22.0 Å². The summed E-state index contributed by atoms with van der Waals surface area (Å²) in [6.45, 7) is 0. The molecule has 2 rings (SSSR count). The van der Waals surface area contributed by atoms with Crippen LogP contribution in [0.15, 0.2) is 36.4 Å². The van der Waals surface area contributed by atoms with Crippen LogP contribution in [-0.4, -0.2) is 6.36 Å². The predicted molar refractivity (Wildman–Crippen MR) is 55.6 cm³/mol. The number of halogens is 5. The number of hydrogen-bond acceptors (Lipinski definition) is 1. The smallest absolute Gasteiger partial charge is 0.405 e. The number of alkyl halides is 5. The molecule has 18 heavy (non-hydrogen) atoms. The molecule has 1 nitrogen and oxygen atoms in total. The summed E-state index contributed by atoms with van der Waals surface area (Å²) in [5.74, 6) is -0.402. The fourth-order valence-electron chi connectivity index (χ4n) is 1.62. The van der Waals surface area contributed by atoms with Crippen LogP contribution in [0.4, 0.5) is 22.0 Å². The highest BCUT2D eigenvalue weighted by atomic mass is 19.4. The molecule has 0 aliphatic carbocycles. The molecule has 0 aliphatic rings. The quantitative estimate of drug-likeness (QED) is 0.714. The Labute approximate surface area is 98.8 Å². The first kappa shape index (κ1) is 12.6. The van der Waals surface area contributed by atoms with Crippen molar-refractivity contribution in [3.8, 4) is 5.75 Å². The number of benzene rings is 2. The van der Waals surface area contributed by atoms with Crippen molar-refractivity contribution in [2.24, 2.45) is 0 Å². The summed E-state index contributed by atoms with van der Waals surface area (Å²) in [4.78, 5) is 0. The second-order valence-corrected chi connectivity index (χ2v) is 3.59. The molecule has 0 saturated carbocycles. The van der Waals surface area contributed by atoms with E-state index in [2.05, 4.69) is 4.74 Å². The van der Waals surface area contributed by atoms with Crippen molar-refractivity contribution in [1.82, 2.24) is 0 Å². The first-order valence-corrected chi connectivity index (χ1v) is 4.93. The van der Waals surface area contributed by atoms with Gasteiger partial charge in [-0.15, -0.1) is 13.2 Å². The molecule has 6 heteroatoms. The Bertz CT molecular complexity index is 562.